The molecule has 0 bridgehead atoms. The molecule has 0 saturated heterocycles. The van der Waals surface area contributed by atoms with E-state index in [1.807, 2.05) is 36.4 Å². The number of ether oxygens (including phenoxy) is 1. The number of hydrogen-bond donors (Lipinski definition) is 1. The maximum Gasteiger partial charge on any atom is 0.119 e. The molecule has 0 spiro atoms. The lowest BCUT2D eigenvalue weighted by atomic mass is 10.2. The van der Waals surface area contributed by atoms with E-state index >= 15 is 0 Å². The van der Waals surface area contributed by atoms with Gasteiger partial charge in [0.1, 0.15) is 12.4 Å². The van der Waals surface area contributed by atoms with E-state index in [4.69, 9.17) is 16.3 Å². The lowest BCUT2D eigenvalue weighted by Gasteiger charge is -2.12. The lowest BCUT2D eigenvalue weighted by molar-refractivity contribution is 0.306. The Morgan fingerprint density at radius 1 is 1.00 bits per heavy atom. The Labute approximate surface area is 137 Å². The van der Waals surface area contributed by atoms with Crippen molar-refractivity contribution >= 4 is 11.6 Å². The third kappa shape index (κ3) is 4.49. The van der Waals surface area contributed by atoms with Gasteiger partial charge >= 0.3 is 0 Å². The molecule has 0 aliphatic heterocycles. The summed E-state index contributed by atoms with van der Waals surface area (Å²) in [4.78, 5) is 0. The summed E-state index contributed by atoms with van der Waals surface area (Å²) in [5.74, 6) is 0.893. The number of halogens is 1. The Bertz CT molecular complexity index is 591. The maximum atomic E-state index is 5.97. The van der Waals surface area contributed by atoms with E-state index in [-0.39, 0.29) is 0 Å². The smallest absolute Gasteiger partial charge is 0.119 e. The molecule has 3 heteroatoms. The topological polar surface area (TPSA) is 21.3 Å². The molecule has 2 aromatic carbocycles. The molecule has 1 fully saturated rings. The number of nitrogens with one attached hydrogen (secondary N) is 1. The summed E-state index contributed by atoms with van der Waals surface area (Å²) in [6.45, 7) is 1.49. The molecule has 3 rings (SSSR count). The van der Waals surface area contributed by atoms with E-state index < -0.39 is 0 Å². The summed E-state index contributed by atoms with van der Waals surface area (Å²) >= 11 is 5.97. The first-order valence-corrected chi connectivity index (χ1v) is 8.37. The van der Waals surface area contributed by atoms with Gasteiger partial charge in [0.05, 0.1) is 0 Å². The van der Waals surface area contributed by atoms with Crippen LogP contribution < -0.4 is 10.1 Å². The number of rotatable bonds is 6. The second kappa shape index (κ2) is 7.66. The molecule has 0 heterocycles. The van der Waals surface area contributed by atoms with E-state index in [1.165, 1.54) is 31.2 Å². The fraction of sp³-hybridized carbons (Fsp3) is 0.368. The lowest BCUT2D eigenvalue weighted by Crippen LogP contribution is -2.25. The quantitative estimate of drug-likeness (QED) is 0.814. The maximum absolute atomic E-state index is 5.97. The van der Waals surface area contributed by atoms with Crippen LogP contribution in [0.3, 0.4) is 0 Å². The minimum absolute atomic E-state index is 0.542. The Balaban J connectivity index is 1.48. The highest BCUT2D eigenvalue weighted by atomic mass is 35.5. The zero-order chi connectivity index (χ0) is 15.2. The molecule has 1 saturated carbocycles. The van der Waals surface area contributed by atoms with Crippen molar-refractivity contribution in [2.24, 2.45) is 0 Å². The first-order valence-electron chi connectivity index (χ1n) is 7.99. The summed E-state index contributed by atoms with van der Waals surface area (Å²) in [7, 11) is 0. The number of benzene rings is 2. The van der Waals surface area contributed by atoms with Gasteiger partial charge in [0.2, 0.25) is 0 Å². The van der Waals surface area contributed by atoms with Crippen LogP contribution in [-0.2, 0) is 13.2 Å². The first-order chi connectivity index (χ1) is 10.8. The van der Waals surface area contributed by atoms with Crippen molar-refractivity contribution < 1.29 is 4.74 Å². The minimum atomic E-state index is 0.542. The van der Waals surface area contributed by atoms with Crippen molar-refractivity contribution in [3.63, 3.8) is 0 Å². The van der Waals surface area contributed by atoms with Crippen LogP contribution in [0.5, 0.6) is 5.75 Å². The van der Waals surface area contributed by atoms with Crippen LogP contribution in [0.15, 0.2) is 48.5 Å². The first kappa shape index (κ1) is 15.4. The zero-order valence-corrected chi connectivity index (χ0v) is 13.5. The van der Waals surface area contributed by atoms with Gasteiger partial charge in [0.25, 0.3) is 0 Å². The van der Waals surface area contributed by atoms with Crippen molar-refractivity contribution in [3.8, 4) is 5.75 Å². The molecule has 0 atom stereocenters. The van der Waals surface area contributed by atoms with Crippen LogP contribution in [-0.4, -0.2) is 6.04 Å². The van der Waals surface area contributed by atoms with Crippen molar-refractivity contribution in [1.82, 2.24) is 5.32 Å². The van der Waals surface area contributed by atoms with Gasteiger partial charge in [-0.3, -0.25) is 0 Å². The average molecular weight is 316 g/mol. The molecule has 0 amide bonds. The minimum Gasteiger partial charge on any atom is -0.489 e. The Hall–Kier alpha value is -1.51. The fourth-order valence-corrected chi connectivity index (χ4v) is 3.10. The van der Waals surface area contributed by atoms with Gasteiger partial charge in [-0.05, 0) is 48.2 Å². The van der Waals surface area contributed by atoms with Crippen molar-refractivity contribution in [2.45, 2.75) is 44.9 Å². The molecule has 1 aliphatic carbocycles. The van der Waals surface area contributed by atoms with Gasteiger partial charge < -0.3 is 10.1 Å². The predicted molar refractivity (Wildman–Crippen MR) is 91.3 cm³/mol. The van der Waals surface area contributed by atoms with E-state index in [9.17, 15) is 0 Å². The molecule has 116 valence electrons. The molecule has 22 heavy (non-hydrogen) atoms. The second-order valence-electron chi connectivity index (χ2n) is 5.92. The summed E-state index contributed by atoms with van der Waals surface area (Å²) < 4.78 is 5.80. The van der Waals surface area contributed by atoms with Crippen LogP contribution in [0, 0.1) is 0 Å². The van der Waals surface area contributed by atoms with Gasteiger partial charge in [0, 0.05) is 17.6 Å². The highest BCUT2D eigenvalue weighted by Gasteiger charge is 2.13. The van der Waals surface area contributed by atoms with Crippen LogP contribution in [0.25, 0.3) is 0 Å². The van der Waals surface area contributed by atoms with E-state index in [2.05, 4.69) is 17.4 Å². The van der Waals surface area contributed by atoms with E-state index in [0.717, 1.165) is 22.9 Å². The van der Waals surface area contributed by atoms with Crippen molar-refractivity contribution in [2.75, 3.05) is 0 Å². The summed E-state index contributed by atoms with van der Waals surface area (Å²) in [5, 5.41) is 4.37. The normalized spacial score (nSPS) is 15.1. The van der Waals surface area contributed by atoms with Crippen molar-refractivity contribution in [3.05, 3.63) is 64.7 Å². The molecule has 1 N–H and O–H groups in total. The average Bonchev–Trinajstić information content (AvgIpc) is 3.05. The molecule has 1 aliphatic rings. The molecule has 0 radical (unpaired) electrons. The number of hydrogen-bond acceptors (Lipinski definition) is 2. The third-order valence-electron chi connectivity index (χ3n) is 4.17. The summed E-state index contributed by atoms with van der Waals surface area (Å²) in [5.41, 5.74) is 2.39. The van der Waals surface area contributed by atoms with Gasteiger partial charge in [-0.15, -0.1) is 0 Å². The third-order valence-corrected chi connectivity index (χ3v) is 4.40. The predicted octanol–water partition coefficient (Wildman–Crippen LogP) is 4.95. The van der Waals surface area contributed by atoms with Crippen molar-refractivity contribution in [1.29, 1.82) is 0 Å². The largest absolute Gasteiger partial charge is 0.489 e. The molecular weight excluding hydrogens is 294 g/mol. The van der Waals surface area contributed by atoms with Crippen LogP contribution >= 0.6 is 11.6 Å². The molecular formula is C19H22ClNO. The molecule has 0 aromatic heterocycles. The van der Waals surface area contributed by atoms with Gasteiger partial charge in [-0.25, -0.2) is 0 Å². The standard InChI is InChI=1S/C19H22ClNO/c20-17-5-3-4-16(12-17)14-22-19-10-8-15(9-11-19)13-21-18-6-1-2-7-18/h3-5,8-12,18,21H,1-2,6-7,13-14H2. The summed E-state index contributed by atoms with van der Waals surface area (Å²) in [6.07, 6.45) is 5.38. The van der Waals surface area contributed by atoms with Crippen LogP contribution in [0.4, 0.5) is 0 Å². The molecule has 2 aromatic rings. The van der Waals surface area contributed by atoms with Crippen LogP contribution in [0.2, 0.25) is 5.02 Å². The monoisotopic (exact) mass is 315 g/mol. The summed E-state index contributed by atoms with van der Waals surface area (Å²) in [6, 6.07) is 16.8. The SMILES string of the molecule is Clc1cccc(COc2ccc(CNC3CCCC3)cc2)c1. The second-order valence-corrected chi connectivity index (χ2v) is 6.36. The Morgan fingerprint density at radius 2 is 1.77 bits per heavy atom. The van der Waals surface area contributed by atoms with Gasteiger partial charge in [-0.2, -0.15) is 0 Å². The van der Waals surface area contributed by atoms with E-state index in [1.54, 1.807) is 0 Å². The molecule has 0 unspecified atom stereocenters. The highest BCUT2D eigenvalue weighted by molar-refractivity contribution is 6.30. The Morgan fingerprint density at radius 3 is 2.50 bits per heavy atom. The zero-order valence-electron chi connectivity index (χ0n) is 12.7. The molecule has 2 nitrogen and oxygen atoms in total. The highest BCUT2D eigenvalue weighted by Crippen LogP contribution is 2.19. The van der Waals surface area contributed by atoms with Gasteiger partial charge in [-0.1, -0.05) is 48.7 Å². The Kier molecular flexibility index (Phi) is 5.36. The van der Waals surface area contributed by atoms with E-state index in [0.29, 0.717) is 12.6 Å². The van der Waals surface area contributed by atoms with Gasteiger partial charge in [0.15, 0.2) is 0 Å². The fourth-order valence-electron chi connectivity index (χ4n) is 2.89. The van der Waals surface area contributed by atoms with Crippen LogP contribution in [0.1, 0.15) is 36.8 Å².